The van der Waals surface area contributed by atoms with Gasteiger partial charge in [-0.15, -0.1) is 0 Å². The highest BCUT2D eigenvalue weighted by atomic mass is 16.3. The van der Waals surface area contributed by atoms with Crippen LogP contribution in [0.4, 0.5) is 0 Å². The fourth-order valence-electron chi connectivity index (χ4n) is 6.22. The normalized spacial score (nSPS) is 23.3. The summed E-state index contributed by atoms with van der Waals surface area (Å²) < 4.78 is 2.51. The van der Waals surface area contributed by atoms with E-state index < -0.39 is 6.10 Å². The molecule has 1 saturated carbocycles. The fourth-order valence-corrected chi connectivity index (χ4v) is 6.22. The number of rotatable bonds is 3. The second-order valence-corrected chi connectivity index (χ2v) is 9.56. The monoisotopic (exact) mass is 387 g/mol. The van der Waals surface area contributed by atoms with E-state index in [0.29, 0.717) is 18.0 Å². The van der Waals surface area contributed by atoms with E-state index in [1.807, 2.05) is 12.1 Å². The lowest BCUT2D eigenvalue weighted by atomic mass is 9.87. The Morgan fingerprint density at radius 3 is 2.76 bits per heavy atom. The number of hydrogen-bond donors (Lipinski definition) is 1. The van der Waals surface area contributed by atoms with Crippen molar-refractivity contribution < 1.29 is 5.11 Å². The molecule has 4 heteroatoms. The molecule has 6 rings (SSSR count). The maximum absolute atomic E-state index is 11.1. The van der Waals surface area contributed by atoms with Crippen molar-refractivity contribution in [1.82, 2.24) is 14.5 Å². The van der Waals surface area contributed by atoms with Crippen molar-refractivity contribution in [2.45, 2.75) is 63.6 Å². The Morgan fingerprint density at radius 1 is 1.21 bits per heavy atom. The molecule has 0 radical (unpaired) electrons. The van der Waals surface area contributed by atoms with Crippen molar-refractivity contribution >= 4 is 10.9 Å². The Bertz CT molecular complexity index is 1100. The van der Waals surface area contributed by atoms with E-state index in [4.69, 9.17) is 0 Å². The number of nitrogens with zero attached hydrogens (tertiary/aromatic N) is 3. The topological polar surface area (TPSA) is 41.3 Å². The Labute approximate surface area is 172 Å². The zero-order valence-electron chi connectivity index (χ0n) is 17.4. The van der Waals surface area contributed by atoms with Gasteiger partial charge in [0.15, 0.2) is 0 Å². The first-order chi connectivity index (χ1) is 14.1. The number of aliphatic hydroxyl groups is 1. The molecule has 1 aliphatic carbocycles. The second kappa shape index (κ2) is 6.16. The molecule has 4 heterocycles. The first-order valence-corrected chi connectivity index (χ1v) is 11.0. The van der Waals surface area contributed by atoms with Gasteiger partial charge in [-0.3, -0.25) is 9.88 Å². The maximum atomic E-state index is 11.1. The lowest BCUT2D eigenvalue weighted by Gasteiger charge is -2.37. The van der Waals surface area contributed by atoms with Gasteiger partial charge >= 0.3 is 0 Å². The Morgan fingerprint density at radius 2 is 2.00 bits per heavy atom. The van der Waals surface area contributed by atoms with E-state index in [1.54, 1.807) is 18.0 Å². The maximum Gasteiger partial charge on any atom is 0.0970 e. The van der Waals surface area contributed by atoms with Crippen LogP contribution in [0, 0.1) is 13.8 Å². The van der Waals surface area contributed by atoms with Crippen molar-refractivity contribution in [3.63, 3.8) is 0 Å². The standard InChI is InChI=1S/C25H29N3O/c1-16-12-17(2)23-19(13-16)22-20-4-3-11-27(20)15-25(7-8-25)24(22)28(23)14-21(29)18-5-9-26-10-6-18/h5-6,9-10,12-13,20-21,29H,3-4,7-8,11,14-15H2,1-2H3. The Balaban J connectivity index is 1.59. The summed E-state index contributed by atoms with van der Waals surface area (Å²) in [6.45, 7) is 7.51. The molecule has 1 saturated heterocycles. The van der Waals surface area contributed by atoms with Crippen LogP contribution < -0.4 is 0 Å². The fraction of sp³-hybridized carbons (Fsp3) is 0.480. The molecule has 2 aromatic heterocycles. The molecule has 0 bridgehead atoms. The van der Waals surface area contributed by atoms with Gasteiger partial charge in [0.2, 0.25) is 0 Å². The largest absolute Gasteiger partial charge is 0.387 e. The number of pyridine rings is 1. The van der Waals surface area contributed by atoms with Crippen LogP contribution in [-0.4, -0.2) is 32.6 Å². The van der Waals surface area contributed by atoms with Crippen LogP contribution >= 0.6 is 0 Å². The highest BCUT2D eigenvalue weighted by molar-refractivity contribution is 5.90. The van der Waals surface area contributed by atoms with E-state index in [2.05, 4.69) is 40.4 Å². The van der Waals surface area contributed by atoms with E-state index in [-0.39, 0.29) is 0 Å². The van der Waals surface area contributed by atoms with Crippen LogP contribution in [0.15, 0.2) is 36.7 Å². The summed E-state index contributed by atoms with van der Waals surface area (Å²) in [5.74, 6) is 0. The molecule has 2 aliphatic heterocycles. The molecule has 1 spiro atoms. The lowest BCUT2D eigenvalue weighted by molar-refractivity contribution is 0.152. The van der Waals surface area contributed by atoms with Crippen LogP contribution in [-0.2, 0) is 12.0 Å². The minimum Gasteiger partial charge on any atom is -0.387 e. The number of aryl methyl sites for hydroxylation is 2. The smallest absolute Gasteiger partial charge is 0.0970 e. The van der Waals surface area contributed by atoms with Crippen LogP contribution in [0.5, 0.6) is 0 Å². The molecule has 150 valence electrons. The number of fused-ring (bicyclic) bond motifs is 6. The van der Waals surface area contributed by atoms with Gasteiger partial charge in [-0.1, -0.05) is 11.6 Å². The minimum atomic E-state index is -0.518. The van der Waals surface area contributed by atoms with Crippen molar-refractivity contribution in [3.05, 3.63) is 64.6 Å². The van der Waals surface area contributed by atoms with Crippen LogP contribution in [0.3, 0.4) is 0 Å². The van der Waals surface area contributed by atoms with Crippen molar-refractivity contribution in [2.24, 2.45) is 0 Å². The third-order valence-electron chi connectivity index (χ3n) is 7.53. The molecule has 1 aromatic carbocycles. The summed E-state index contributed by atoms with van der Waals surface area (Å²) in [7, 11) is 0. The van der Waals surface area contributed by atoms with Gasteiger partial charge < -0.3 is 9.67 Å². The number of benzene rings is 1. The van der Waals surface area contributed by atoms with E-state index in [1.165, 1.54) is 66.5 Å². The average molecular weight is 388 g/mol. The van der Waals surface area contributed by atoms with Gasteiger partial charge in [-0.2, -0.15) is 0 Å². The molecule has 3 aromatic rings. The quantitative estimate of drug-likeness (QED) is 0.716. The van der Waals surface area contributed by atoms with Gasteiger partial charge in [-0.05, 0) is 81.0 Å². The predicted octanol–water partition coefficient (Wildman–Crippen LogP) is 4.57. The molecule has 4 nitrogen and oxygen atoms in total. The van der Waals surface area contributed by atoms with Crippen molar-refractivity contribution in [3.8, 4) is 0 Å². The molecule has 3 aliphatic rings. The summed E-state index contributed by atoms with van der Waals surface area (Å²) in [6.07, 6.45) is 8.16. The van der Waals surface area contributed by atoms with E-state index >= 15 is 0 Å². The first kappa shape index (κ1) is 17.7. The second-order valence-electron chi connectivity index (χ2n) is 9.56. The lowest BCUT2D eigenvalue weighted by Crippen LogP contribution is -2.39. The van der Waals surface area contributed by atoms with Gasteiger partial charge in [0, 0.05) is 41.5 Å². The Hall–Kier alpha value is -2.17. The molecule has 0 amide bonds. The third kappa shape index (κ3) is 2.55. The van der Waals surface area contributed by atoms with Crippen LogP contribution in [0.2, 0.25) is 0 Å². The molecule has 2 fully saturated rings. The zero-order chi connectivity index (χ0) is 19.8. The van der Waals surface area contributed by atoms with Crippen LogP contribution in [0.25, 0.3) is 10.9 Å². The molecule has 1 N–H and O–H groups in total. The highest BCUT2D eigenvalue weighted by Gasteiger charge is 2.55. The first-order valence-electron chi connectivity index (χ1n) is 11.0. The van der Waals surface area contributed by atoms with E-state index in [9.17, 15) is 5.11 Å². The Kier molecular flexibility index (Phi) is 3.76. The SMILES string of the molecule is Cc1cc(C)c2c(c1)c1c(n2CC(O)c2ccncc2)C2(CC2)CN2CCCC12. The number of aromatic nitrogens is 2. The third-order valence-corrected chi connectivity index (χ3v) is 7.53. The van der Waals surface area contributed by atoms with E-state index in [0.717, 1.165) is 5.56 Å². The zero-order valence-corrected chi connectivity index (χ0v) is 17.4. The molecule has 2 unspecified atom stereocenters. The van der Waals surface area contributed by atoms with Crippen molar-refractivity contribution in [1.29, 1.82) is 0 Å². The predicted molar refractivity (Wildman–Crippen MR) is 115 cm³/mol. The van der Waals surface area contributed by atoms with Gasteiger partial charge in [0.25, 0.3) is 0 Å². The van der Waals surface area contributed by atoms with Gasteiger partial charge in [0.1, 0.15) is 0 Å². The molecular weight excluding hydrogens is 358 g/mol. The number of hydrogen-bond acceptors (Lipinski definition) is 3. The highest BCUT2D eigenvalue weighted by Crippen LogP contribution is 2.59. The summed E-state index contributed by atoms with van der Waals surface area (Å²) >= 11 is 0. The molecular formula is C25H29N3O. The summed E-state index contributed by atoms with van der Waals surface area (Å²) in [5.41, 5.74) is 8.37. The van der Waals surface area contributed by atoms with Gasteiger partial charge in [-0.25, -0.2) is 0 Å². The van der Waals surface area contributed by atoms with Crippen molar-refractivity contribution in [2.75, 3.05) is 13.1 Å². The minimum absolute atomic E-state index is 0.299. The molecule has 29 heavy (non-hydrogen) atoms. The summed E-state index contributed by atoms with van der Waals surface area (Å²) in [4.78, 5) is 6.86. The van der Waals surface area contributed by atoms with Gasteiger partial charge in [0.05, 0.1) is 18.2 Å². The summed E-state index contributed by atoms with van der Waals surface area (Å²) in [5, 5.41) is 12.6. The summed E-state index contributed by atoms with van der Waals surface area (Å²) in [6, 6.07) is 9.12. The number of aliphatic hydroxyl groups excluding tert-OH is 1. The van der Waals surface area contributed by atoms with Crippen LogP contribution in [0.1, 0.15) is 65.8 Å². The molecule has 2 atom stereocenters. The average Bonchev–Trinajstić information content (AvgIpc) is 3.16.